The van der Waals surface area contributed by atoms with Crippen LogP contribution in [-0.4, -0.2) is 17.5 Å². The molecule has 0 spiro atoms. The first-order valence-electron chi connectivity index (χ1n) is 4.74. The van der Waals surface area contributed by atoms with Crippen LogP contribution < -0.4 is 0 Å². The molecule has 3 heteroatoms. The van der Waals surface area contributed by atoms with Crippen LogP contribution in [0.1, 0.15) is 26.7 Å². The average molecular weight is 189 g/mol. The normalized spacial score (nSPS) is 27.8. The Balaban J connectivity index is 2.64. The second-order valence-electron chi connectivity index (χ2n) is 4.04. The maximum Gasteiger partial charge on any atom is 0.325 e. The molecule has 1 heterocycles. The third-order valence-corrected chi connectivity index (χ3v) is 2.83. The molecule has 1 fully saturated rings. The highest BCUT2D eigenvalue weighted by atomic mass is 19.3. The van der Waals surface area contributed by atoms with Crippen molar-refractivity contribution in [2.24, 2.45) is 11.8 Å². The summed E-state index contributed by atoms with van der Waals surface area (Å²) in [6, 6.07) is -2.69. The Morgan fingerprint density at radius 2 is 2.15 bits per heavy atom. The topological polar surface area (TPSA) is 3.24 Å². The Hall–Kier alpha value is -0.600. The first-order chi connectivity index (χ1) is 5.97. The first-order valence-corrected chi connectivity index (χ1v) is 4.74. The van der Waals surface area contributed by atoms with E-state index in [0.29, 0.717) is 12.5 Å². The van der Waals surface area contributed by atoms with Gasteiger partial charge in [0.05, 0.1) is 0 Å². The van der Waals surface area contributed by atoms with Crippen molar-refractivity contribution in [2.75, 3.05) is 6.54 Å². The van der Waals surface area contributed by atoms with Crippen molar-refractivity contribution in [3.63, 3.8) is 0 Å². The molecule has 1 nitrogen and oxygen atoms in total. The molecule has 0 amide bonds. The molecule has 0 bridgehead atoms. The molecule has 1 saturated heterocycles. The third kappa shape index (κ3) is 2.20. The van der Waals surface area contributed by atoms with Crippen LogP contribution in [-0.2, 0) is 0 Å². The van der Waals surface area contributed by atoms with E-state index in [1.54, 1.807) is 0 Å². The summed E-state index contributed by atoms with van der Waals surface area (Å²) >= 11 is 0. The van der Waals surface area contributed by atoms with E-state index in [2.05, 4.69) is 6.58 Å². The molecule has 0 aromatic carbocycles. The van der Waals surface area contributed by atoms with Crippen LogP contribution in [0.5, 0.6) is 0 Å². The van der Waals surface area contributed by atoms with Gasteiger partial charge in [-0.3, -0.25) is 0 Å². The highest BCUT2D eigenvalue weighted by Crippen LogP contribution is 2.37. The summed E-state index contributed by atoms with van der Waals surface area (Å²) in [4.78, 5) is 1.05. The SMILES string of the molecule is C=CN1CCC(C(C)C)CC1(F)F. The van der Waals surface area contributed by atoms with E-state index in [4.69, 9.17) is 0 Å². The Labute approximate surface area is 78.4 Å². The van der Waals surface area contributed by atoms with E-state index < -0.39 is 6.05 Å². The maximum atomic E-state index is 13.3. The molecule has 0 N–H and O–H groups in total. The number of rotatable bonds is 2. The van der Waals surface area contributed by atoms with Crippen LogP contribution >= 0.6 is 0 Å². The number of halogens is 2. The Morgan fingerprint density at radius 3 is 2.54 bits per heavy atom. The summed E-state index contributed by atoms with van der Waals surface area (Å²) in [7, 11) is 0. The highest BCUT2D eigenvalue weighted by Gasteiger charge is 2.42. The number of nitrogens with zero attached hydrogens (tertiary/aromatic N) is 1. The summed E-state index contributed by atoms with van der Waals surface area (Å²) < 4.78 is 26.7. The highest BCUT2D eigenvalue weighted by molar-refractivity contribution is 4.87. The molecule has 0 aliphatic carbocycles. The predicted molar refractivity (Wildman–Crippen MR) is 49.4 cm³/mol. The minimum absolute atomic E-state index is 0.0311. The lowest BCUT2D eigenvalue weighted by atomic mass is 9.85. The monoisotopic (exact) mass is 189 g/mol. The van der Waals surface area contributed by atoms with E-state index in [0.717, 1.165) is 11.3 Å². The van der Waals surface area contributed by atoms with Crippen LogP contribution in [0.4, 0.5) is 8.78 Å². The van der Waals surface area contributed by atoms with Gasteiger partial charge < -0.3 is 4.90 Å². The van der Waals surface area contributed by atoms with Crippen LogP contribution in [0.15, 0.2) is 12.8 Å². The second-order valence-corrected chi connectivity index (χ2v) is 4.04. The van der Waals surface area contributed by atoms with Crippen LogP contribution in [0, 0.1) is 11.8 Å². The Bertz CT molecular complexity index is 189. The lowest BCUT2D eigenvalue weighted by Gasteiger charge is -2.39. The molecule has 0 radical (unpaired) electrons. The van der Waals surface area contributed by atoms with E-state index in [9.17, 15) is 8.78 Å². The molecule has 1 aliphatic rings. The van der Waals surface area contributed by atoms with E-state index in [-0.39, 0.29) is 12.3 Å². The number of alkyl halides is 2. The molecule has 1 unspecified atom stereocenters. The van der Waals surface area contributed by atoms with Crippen molar-refractivity contribution in [2.45, 2.75) is 32.7 Å². The smallest absolute Gasteiger partial charge is 0.321 e. The minimum atomic E-state index is -2.69. The number of hydrogen-bond acceptors (Lipinski definition) is 1. The van der Waals surface area contributed by atoms with E-state index >= 15 is 0 Å². The molecule has 0 saturated carbocycles. The summed E-state index contributed by atoms with van der Waals surface area (Å²) in [6.07, 6.45) is 2.06. The van der Waals surface area contributed by atoms with Gasteiger partial charge in [0, 0.05) is 13.0 Å². The van der Waals surface area contributed by atoms with Crippen LogP contribution in [0.2, 0.25) is 0 Å². The molecule has 1 atom stereocenters. The first kappa shape index (κ1) is 10.5. The quantitative estimate of drug-likeness (QED) is 0.603. The van der Waals surface area contributed by atoms with Gasteiger partial charge in [0.15, 0.2) is 0 Å². The zero-order valence-electron chi connectivity index (χ0n) is 8.26. The Kier molecular flexibility index (Phi) is 2.94. The molecular weight excluding hydrogens is 172 g/mol. The predicted octanol–water partition coefficient (Wildman–Crippen LogP) is 3.09. The molecular formula is C10H17F2N. The summed E-state index contributed by atoms with van der Waals surface area (Å²) in [6.45, 7) is 7.83. The van der Waals surface area contributed by atoms with E-state index in [1.807, 2.05) is 13.8 Å². The lowest BCUT2D eigenvalue weighted by Crippen LogP contribution is -2.45. The molecule has 0 aromatic rings. The van der Waals surface area contributed by atoms with Crippen molar-refractivity contribution in [3.8, 4) is 0 Å². The van der Waals surface area contributed by atoms with Crippen molar-refractivity contribution >= 4 is 0 Å². The standard InChI is InChI=1S/C10H17F2N/c1-4-13-6-5-9(8(2)3)7-10(13,11)12/h4,8-9H,1,5-7H2,2-3H3. The van der Waals surface area contributed by atoms with Gasteiger partial charge in [0.25, 0.3) is 0 Å². The summed E-state index contributed by atoms with van der Waals surface area (Å²) in [5.41, 5.74) is 0. The van der Waals surface area contributed by atoms with Gasteiger partial charge in [-0.15, -0.1) is 0 Å². The zero-order valence-corrected chi connectivity index (χ0v) is 8.26. The number of piperidine rings is 1. The van der Waals surface area contributed by atoms with Crippen LogP contribution in [0.25, 0.3) is 0 Å². The largest absolute Gasteiger partial charge is 0.325 e. The van der Waals surface area contributed by atoms with Crippen molar-refractivity contribution in [3.05, 3.63) is 12.8 Å². The minimum Gasteiger partial charge on any atom is -0.321 e. The van der Waals surface area contributed by atoms with Crippen LogP contribution in [0.3, 0.4) is 0 Å². The summed E-state index contributed by atoms with van der Waals surface area (Å²) in [5, 5.41) is 0. The zero-order chi connectivity index (χ0) is 10.1. The molecule has 1 aliphatic heterocycles. The summed E-state index contributed by atoms with van der Waals surface area (Å²) in [5.74, 6) is 0.490. The number of hydrogen-bond donors (Lipinski definition) is 0. The average Bonchev–Trinajstić information content (AvgIpc) is 2.02. The van der Waals surface area contributed by atoms with Gasteiger partial charge in [0.1, 0.15) is 0 Å². The Morgan fingerprint density at radius 1 is 1.54 bits per heavy atom. The maximum absolute atomic E-state index is 13.3. The molecule has 1 rings (SSSR count). The van der Waals surface area contributed by atoms with Gasteiger partial charge in [-0.25, -0.2) is 0 Å². The van der Waals surface area contributed by atoms with Gasteiger partial charge in [0.2, 0.25) is 0 Å². The van der Waals surface area contributed by atoms with Crippen molar-refractivity contribution < 1.29 is 8.78 Å². The van der Waals surface area contributed by atoms with E-state index in [1.165, 1.54) is 6.20 Å². The molecule has 13 heavy (non-hydrogen) atoms. The number of likely N-dealkylation sites (tertiary alicyclic amines) is 1. The fraction of sp³-hybridized carbons (Fsp3) is 0.800. The van der Waals surface area contributed by atoms with Crippen molar-refractivity contribution in [1.82, 2.24) is 4.90 Å². The van der Waals surface area contributed by atoms with Gasteiger partial charge in [-0.2, -0.15) is 8.78 Å². The van der Waals surface area contributed by atoms with Gasteiger partial charge >= 0.3 is 6.05 Å². The fourth-order valence-electron chi connectivity index (χ4n) is 1.80. The third-order valence-electron chi connectivity index (χ3n) is 2.83. The lowest BCUT2D eigenvalue weighted by molar-refractivity contribution is -0.162. The second kappa shape index (κ2) is 3.64. The fourth-order valence-corrected chi connectivity index (χ4v) is 1.80. The molecule has 0 aromatic heterocycles. The molecule has 76 valence electrons. The van der Waals surface area contributed by atoms with Crippen molar-refractivity contribution in [1.29, 1.82) is 0 Å². The van der Waals surface area contributed by atoms with Gasteiger partial charge in [-0.1, -0.05) is 20.4 Å². The van der Waals surface area contributed by atoms with Gasteiger partial charge in [-0.05, 0) is 24.5 Å².